The number of para-hydroxylation sites is 1. The standard InChI is InChI=1S/C16H16N4O/c21-14-7-11-9-18-16(17-8-10-5-6-10)20-15(11)12-3-1-2-4-13(12)19-14/h1-4,9-10H,5-8H2,(H,19,21)(H,17,18,20). The molecule has 0 bridgehead atoms. The summed E-state index contributed by atoms with van der Waals surface area (Å²) in [5.74, 6) is 1.39. The van der Waals surface area contributed by atoms with Crippen molar-refractivity contribution in [3.05, 3.63) is 36.0 Å². The minimum absolute atomic E-state index is 0.0245. The Balaban J connectivity index is 1.75. The molecule has 2 N–H and O–H groups in total. The van der Waals surface area contributed by atoms with Gasteiger partial charge in [0.05, 0.1) is 17.8 Å². The van der Waals surface area contributed by atoms with E-state index >= 15 is 0 Å². The number of rotatable bonds is 3. The van der Waals surface area contributed by atoms with E-state index in [4.69, 9.17) is 0 Å². The molecule has 1 fully saturated rings. The SMILES string of the molecule is O=C1Cc2cnc(NCC3CC3)nc2-c2ccccc2N1. The van der Waals surface area contributed by atoms with E-state index in [1.54, 1.807) is 6.20 Å². The molecule has 2 heterocycles. The summed E-state index contributed by atoms with van der Waals surface area (Å²) >= 11 is 0. The van der Waals surface area contributed by atoms with Crippen LogP contribution in [0.5, 0.6) is 0 Å². The molecule has 1 aliphatic carbocycles. The summed E-state index contributed by atoms with van der Waals surface area (Å²) in [5.41, 5.74) is 3.48. The smallest absolute Gasteiger partial charge is 0.228 e. The second kappa shape index (κ2) is 4.84. The van der Waals surface area contributed by atoms with Gasteiger partial charge in [0, 0.05) is 23.9 Å². The first kappa shape index (κ1) is 12.3. The fourth-order valence-corrected chi connectivity index (χ4v) is 2.58. The summed E-state index contributed by atoms with van der Waals surface area (Å²) in [7, 11) is 0. The van der Waals surface area contributed by atoms with Crippen LogP contribution in [0, 0.1) is 5.92 Å². The number of hydrogen-bond donors (Lipinski definition) is 2. The van der Waals surface area contributed by atoms with E-state index in [2.05, 4.69) is 20.6 Å². The maximum atomic E-state index is 11.9. The Labute approximate surface area is 122 Å². The first-order valence-corrected chi connectivity index (χ1v) is 7.28. The van der Waals surface area contributed by atoms with Crippen molar-refractivity contribution in [3.63, 3.8) is 0 Å². The summed E-state index contributed by atoms with van der Waals surface area (Å²) in [6.07, 6.45) is 4.66. The maximum Gasteiger partial charge on any atom is 0.228 e. The van der Waals surface area contributed by atoms with Gasteiger partial charge in [-0.05, 0) is 24.8 Å². The Morgan fingerprint density at radius 3 is 3.00 bits per heavy atom. The van der Waals surface area contributed by atoms with E-state index in [-0.39, 0.29) is 5.91 Å². The molecule has 5 nitrogen and oxygen atoms in total. The average Bonchev–Trinajstić information content (AvgIpc) is 3.31. The Hall–Kier alpha value is -2.43. The Kier molecular flexibility index (Phi) is 2.84. The van der Waals surface area contributed by atoms with Gasteiger partial charge in [0.1, 0.15) is 0 Å². The highest BCUT2D eigenvalue weighted by Gasteiger charge is 2.23. The number of hydrogen-bond acceptors (Lipinski definition) is 4. The lowest BCUT2D eigenvalue weighted by molar-refractivity contribution is -0.115. The molecule has 1 saturated carbocycles. The van der Waals surface area contributed by atoms with E-state index in [1.807, 2.05) is 24.3 Å². The third-order valence-electron chi connectivity index (χ3n) is 3.92. The number of aromatic nitrogens is 2. The molecule has 1 aliphatic heterocycles. The lowest BCUT2D eigenvalue weighted by Crippen LogP contribution is -2.13. The number of carbonyl (C=O) groups is 1. The monoisotopic (exact) mass is 280 g/mol. The van der Waals surface area contributed by atoms with Crippen LogP contribution in [0.3, 0.4) is 0 Å². The van der Waals surface area contributed by atoms with Crippen LogP contribution in [0.15, 0.2) is 30.5 Å². The lowest BCUT2D eigenvalue weighted by Gasteiger charge is -2.10. The normalized spacial score (nSPS) is 16.5. The van der Waals surface area contributed by atoms with Gasteiger partial charge in [-0.25, -0.2) is 9.97 Å². The fourth-order valence-electron chi connectivity index (χ4n) is 2.58. The van der Waals surface area contributed by atoms with Crippen LogP contribution in [0.25, 0.3) is 11.3 Å². The number of anilines is 2. The van der Waals surface area contributed by atoms with Gasteiger partial charge in [-0.1, -0.05) is 18.2 Å². The highest BCUT2D eigenvalue weighted by atomic mass is 16.1. The quantitative estimate of drug-likeness (QED) is 0.906. The molecule has 0 spiro atoms. The van der Waals surface area contributed by atoms with Crippen LogP contribution in [-0.2, 0) is 11.2 Å². The fraction of sp³-hybridized carbons (Fsp3) is 0.312. The Morgan fingerprint density at radius 2 is 2.14 bits per heavy atom. The molecule has 1 aromatic carbocycles. The largest absolute Gasteiger partial charge is 0.354 e. The molecular weight excluding hydrogens is 264 g/mol. The van der Waals surface area contributed by atoms with Crippen molar-refractivity contribution in [1.82, 2.24) is 9.97 Å². The molecule has 2 aliphatic rings. The number of nitrogens with one attached hydrogen (secondary N) is 2. The van der Waals surface area contributed by atoms with Crippen LogP contribution in [-0.4, -0.2) is 22.4 Å². The summed E-state index contributed by atoms with van der Waals surface area (Å²) in [5, 5.41) is 6.21. The van der Waals surface area contributed by atoms with Crippen LogP contribution < -0.4 is 10.6 Å². The zero-order valence-corrected chi connectivity index (χ0v) is 11.6. The Morgan fingerprint density at radius 1 is 1.29 bits per heavy atom. The molecule has 2 aromatic rings. The van der Waals surface area contributed by atoms with Crippen LogP contribution in [0.4, 0.5) is 11.6 Å². The van der Waals surface area contributed by atoms with E-state index < -0.39 is 0 Å². The highest BCUT2D eigenvalue weighted by molar-refractivity contribution is 5.99. The minimum Gasteiger partial charge on any atom is -0.354 e. The first-order chi connectivity index (χ1) is 10.3. The maximum absolute atomic E-state index is 11.9. The van der Waals surface area contributed by atoms with Gasteiger partial charge < -0.3 is 10.6 Å². The van der Waals surface area contributed by atoms with Crippen molar-refractivity contribution in [2.24, 2.45) is 5.92 Å². The zero-order chi connectivity index (χ0) is 14.2. The third-order valence-corrected chi connectivity index (χ3v) is 3.92. The molecule has 0 radical (unpaired) electrons. The summed E-state index contributed by atoms with van der Waals surface area (Å²) < 4.78 is 0. The molecule has 1 aromatic heterocycles. The van der Waals surface area contributed by atoms with Gasteiger partial charge >= 0.3 is 0 Å². The molecule has 0 saturated heterocycles. The van der Waals surface area contributed by atoms with Gasteiger partial charge in [0.2, 0.25) is 11.9 Å². The molecule has 106 valence electrons. The molecule has 4 rings (SSSR count). The Bertz CT molecular complexity index is 709. The number of nitrogens with zero attached hydrogens (tertiary/aromatic N) is 2. The number of carbonyl (C=O) groups excluding carboxylic acids is 1. The number of fused-ring (bicyclic) bond motifs is 3. The number of amides is 1. The van der Waals surface area contributed by atoms with Crippen molar-refractivity contribution < 1.29 is 4.79 Å². The third kappa shape index (κ3) is 2.46. The molecule has 1 amide bonds. The van der Waals surface area contributed by atoms with Crippen LogP contribution in [0.1, 0.15) is 18.4 Å². The lowest BCUT2D eigenvalue weighted by atomic mass is 10.1. The molecule has 0 unspecified atom stereocenters. The average molecular weight is 280 g/mol. The molecule has 5 heteroatoms. The minimum atomic E-state index is -0.0245. The predicted molar refractivity (Wildman–Crippen MR) is 81.0 cm³/mol. The van der Waals surface area contributed by atoms with E-state index in [0.717, 1.165) is 35.0 Å². The van der Waals surface area contributed by atoms with Crippen molar-refractivity contribution in [2.45, 2.75) is 19.3 Å². The van der Waals surface area contributed by atoms with Crippen molar-refractivity contribution in [3.8, 4) is 11.3 Å². The van der Waals surface area contributed by atoms with E-state index in [9.17, 15) is 4.79 Å². The summed E-state index contributed by atoms with van der Waals surface area (Å²) in [6.45, 7) is 0.928. The second-order valence-electron chi connectivity index (χ2n) is 5.66. The second-order valence-corrected chi connectivity index (χ2v) is 5.66. The molecule has 0 atom stereocenters. The number of benzene rings is 1. The summed E-state index contributed by atoms with van der Waals surface area (Å²) in [4.78, 5) is 20.9. The van der Waals surface area contributed by atoms with Gasteiger partial charge in [-0.2, -0.15) is 0 Å². The van der Waals surface area contributed by atoms with Gasteiger partial charge in [0.15, 0.2) is 0 Å². The van der Waals surface area contributed by atoms with Crippen molar-refractivity contribution in [1.29, 1.82) is 0 Å². The molecular formula is C16H16N4O. The van der Waals surface area contributed by atoms with Crippen molar-refractivity contribution >= 4 is 17.5 Å². The van der Waals surface area contributed by atoms with E-state index in [1.165, 1.54) is 12.8 Å². The highest BCUT2D eigenvalue weighted by Crippen LogP contribution is 2.33. The zero-order valence-electron chi connectivity index (χ0n) is 11.6. The van der Waals surface area contributed by atoms with Crippen LogP contribution >= 0.6 is 0 Å². The van der Waals surface area contributed by atoms with Gasteiger partial charge in [0.25, 0.3) is 0 Å². The summed E-state index contributed by atoms with van der Waals surface area (Å²) in [6, 6.07) is 7.76. The van der Waals surface area contributed by atoms with E-state index in [0.29, 0.717) is 12.4 Å². The van der Waals surface area contributed by atoms with Gasteiger partial charge in [-0.3, -0.25) is 4.79 Å². The van der Waals surface area contributed by atoms with Crippen LogP contribution in [0.2, 0.25) is 0 Å². The molecule has 21 heavy (non-hydrogen) atoms. The van der Waals surface area contributed by atoms with Crippen molar-refractivity contribution in [2.75, 3.05) is 17.2 Å². The predicted octanol–water partition coefficient (Wildman–Crippen LogP) is 2.46. The topological polar surface area (TPSA) is 66.9 Å². The first-order valence-electron chi connectivity index (χ1n) is 7.28. The van der Waals surface area contributed by atoms with Gasteiger partial charge in [-0.15, -0.1) is 0 Å².